The standard InChI is InChI=1S/C15H12F3NO3/c1-21-14(20)12-8-10(4-7-13(12)19)9-2-5-11(6-3-9)22-15(16,17)18/h2-8H,19H2,1H3. The Morgan fingerprint density at radius 3 is 2.18 bits per heavy atom. The van der Waals surface area contributed by atoms with E-state index in [1.807, 2.05) is 0 Å². The number of methoxy groups -OCH3 is 1. The molecule has 0 saturated carbocycles. The van der Waals surface area contributed by atoms with E-state index in [1.165, 1.54) is 43.5 Å². The predicted octanol–water partition coefficient (Wildman–Crippen LogP) is 3.62. The first-order chi connectivity index (χ1) is 10.3. The number of hydrogen-bond donors (Lipinski definition) is 1. The van der Waals surface area contributed by atoms with Crippen molar-refractivity contribution in [2.45, 2.75) is 6.36 Å². The molecule has 22 heavy (non-hydrogen) atoms. The quantitative estimate of drug-likeness (QED) is 0.694. The summed E-state index contributed by atoms with van der Waals surface area (Å²) in [7, 11) is 1.23. The molecule has 0 aliphatic carbocycles. The first-order valence-corrected chi connectivity index (χ1v) is 6.14. The van der Waals surface area contributed by atoms with Crippen molar-refractivity contribution < 1.29 is 27.4 Å². The van der Waals surface area contributed by atoms with Crippen molar-refractivity contribution in [1.82, 2.24) is 0 Å². The van der Waals surface area contributed by atoms with E-state index >= 15 is 0 Å². The van der Waals surface area contributed by atoms with E-state index in [2.05, 4.69) is 9.47 Å². The highest BCUT2D eigenvalue weighted by molar-refractivity contribution is 5.96. The minimum Gasteiger partial charge on any atom is -0.465 e. The van der Waals surface area contributed by atoms with E-state index in [-0.39, 0.29) is 17.0 Å². The third-order valence-electron chi connectivity index (χ3n) is 2.88. The predicted molar refractivity (Wildman–Crippen MR) is 74.3 cm³/mol. The average molecular weight is 311 g/mol. The highest BCUT2D eigenvalue weighted by Gasteiger charge is 2.30. The molecule has 2 aromatic carbocycles. The van der Waals surface area contributed by atoms with Gasteiger partial charge in [0, 0.05) is 5.69 Å². The van der Waals surface area contributed by atoms with Crippen LogP contribution in [0.1, 0.15) is 10.4 Å². The number of carbonyl (C=O) groups excluding carboxylic acids is 1. The number of nitrogens with two attached hydrogens (primary N) is 1. The van der Waals surface area contributed by atoms with Crippen LogP contribution in [0.25, 0.3) is 11.1 Å². The van der Waals surface area contributed by atoms with E-state index in [9.17, 15) is 18.0 Å². The zero-order valence-corrected chi connectivity index (χ0v) is 11.5. The lowest BCUT2D eigenvalue weighted by molar-refractivity contribution is -0.274. The third kappa shape index (κ3) is 3.69. The van der Waals surface area contributed by atoms with Gasteiger partial charge in [0.15, 0.2) is 0 Å². The molecule has 0 aliphatic rings. The van der Waals surface area contributed by atoms with E-state index in [1.54, 1.807) is 6.07 Å². The van der Waals surface area contributed by atoms with Crippen LogP contribution in [0.3, 0.4) is 0 Å². The Morgan fingerprint density at radius 2 is 1.64 bits per heavy atom. The lowest BCUT2D eigenvalue weighted by Gasteiger charge is -2.10. The molecule has 4 nitrogen and oxygen atoms in total. The topological polar surface area (TPSA) is 61.5 Å². The van der Waals surface area contributed by atoms with Gasteiger partial charge >= 0.3 is 12.3 Å². The number of alkyl halides is 3. The van der Waals surface area contributed by atoms with Crippen molar-refractivity contribution >= 4 is 11.7 Å². The van der Waals surface area contributed by atoms with Crippen LogP contribution in [-0.2, 0) is 4.74 Å². The van der Waals surface area contributed by atoms with Crippen molar-refractivity contribution in [2.24, 2.45) is 0 Å². The van der Waals surface area contributed by atoms with E-state index in [0.717, 1.165) is 0 Å². The van der Waals surface area contributed by atoms with Crippen LogP contribution in [0.15, 0.2) is 42.5 Å². The van der Waals surface area contributed by atoms with Crippen LogP contribution in [0.2, 0.25) is 0 Å². The summed E-state index contributed by atoms with van der Waals surface area (Å²) in [6.45, 7) is 0. The molecule has 0 radical (unpaired) electrons. The third-order valence-corrected chi connectivity index (χ3v) is 2.88. The number of nitrogen functional groups attached to an aromatic ring is 1. The molecule has 2 N–H and O–H groups in total. The number of anilines is 1. The van der Waals surface area contributed by atoms with Gasteiger partial charge in [-0.25, -0.2) is 4.79 Å². The normalized spacial score (nSPS) is 11.1. The summed E-state index contributed by atoms with van der Waals surface area (Å²) in [5.74, 6) is -0.906. The highest BCUT2D eigenvalue weighted by atomic mass is 19.4. The smallest absolute Gasteiger partial charge is 0.465 e. The first-order valence-electron chi connectivity index (χ1n) is 6.14. The van der Waals surface area contributed by atoms with Crippen molar-refractivity contribution in [1.29, 1.82) is 0 Å². The number of ether oxygens (including phenoxy) is 2. The number of benzene rings is 2. The van der Waals surface area contributed by atoms with E-state index in [0.29, 0.717) is 11.1 Å². The van der Waals surface area contributed by atoms with Gasteiger partial charge in [-0.2, -0.15) is 0 Å². The Morgan fingerprint density at radius 1 is 1.05 bits per heavy atom. The average Bonchev–Trinajstić information content (AvgIpc) is 2.46. The molecule has 0 atom stereocenters. The van der Waals surface area contributed by atoms with Crippen LogP contribution in [-0.4, -0.2) is 19.4 Å². The largest absolute Gasteiger partial charge is 0.573 e. The molecule has 0 aromatic heterocycles. The summed E-state index contributed by atoms with van der Waals surface area (Å²) in [4.78, 5) is 11.6. The Kier molecular flexibility index (Phi) is 4.25. The Balaban J connectivity index is 2.31. The van der Waals surface area contributed by atoms with Crippen molar-refractivity contribution in [3.05, 3.63) is 48.0 Å². The lowest BCUT2D eigenvalue weighted by Crippen LogP contribution is -2.16. The van der Waals surface area contributed by atoms with Crippen LogP contribution < -0.4 is 10.5 Å². The van der Waals surface area contributed by atoms with Gasteiger partial charge < -0.3 is 15.2 Å². The highest BCUT2D eigenvalue weighted by Crippen LogP contribution is 2.28. The second-order valence-corrected chi connectivity index (χ2v) is 4.37. The van der Waals surface area contributed by atoms with Gasteiger partial charge in [-0.3, -0.25) is 0 Å². The molecular weight excluding hydrogens is 299 g/mol. The fraction of sp³-hybridized carbons (Fsp3) is 0.133. The molecule has 0 saturated heterocycles. The second-order valence-electron chi connectivity index (χ2n) is 4.37. The maximum Gasteiger partial charge on any atom is 0.573 e. The first kappa shape index (κ1) is 15.7. The Labute approximate surface area is 124 Å². The monoisotopic (exact) mass is 311 g/mol. The SMILES string of the molecule is COC(=O)c1cc(-c2ccc(OC(F)(F)F)cc2)ccc1N. The van der Waals surface area contributed by atoms with Gasteiger partial charge in [-0.1, -0.05) is 18.2 Å². The zero-order chi connectivity index (χ0) is 16.3. The Bertz CT molecular complexity index is 681. The van der Waals surface area contributed by atoms with E-state index in [4.69, 9.17) is 5.73 Å². The van der Waals surface area contributed by atoms with Gasteiger partial charge in [0.05, 0.1) is 12.7 Å². The summed E-state index contributed by atoms with van der Waals surface area (Å²) in [6.07, 6.45) is -4.74. The van der Waals surface area contributed by atoms with Crippen molar-refractivity contribution in [3.63, 3.8) is 0 Å². The van der Waals surface area contributed by atoms with Gasteiger partial charge in [0.2, 0.25) is 0 Å². The molecule has 0 amide bonds. The fourth-order valence-electron chi connectivity index (χ4n) is 1.87. The minimum atomic E-state index is -4.74. The summed E-state index contributed by atoms with van der Waals surface area (Å²) in [5, 5.41) is 0. The summed E-state index contributed by atoms with van der Waals surface area (Å²) in [6, 6.07) is 9.99. The summed E-state index contributed by atoms with van der Waals surface area (Å²) in [5.41, 5.74) is 7.37. The molecule has 7 heteroatoms. The van der Waals surface area contributed by atoms with Crippen LogP contribution in [0.5, 0.6) is 5.75 Å². The maximum atomic E-state index is 12.1. The van der Waals surface area contributed by atoms with Gasteiger partial charge in [0.1, 0.15) is 5.75 Å². The zero-order valence-electron chi connectivity index (χ0n) is 11.5. The molecule has 2 aromatic rings. The van der Waals surface area contributed by atoms with Crippen LogP contribution in [0, 0.1) is 0 Å². The number of hydrogen-bond acceptors (Lipinski definition) is 4. The molecule has 0 unspecified atom stereocenters. The second kappa shape index (κ2) is 5.97. The van der Waals surface area contributed by atoms with Crippen LogP contribution in [0.4, 0.5) is 18.9 Å². The molecular formula is C15H12F3NO3. The number of esters is 1. The molecule has 0 bridgehead atoms. The Hall–Kier alpha value is -2.70. The number of carbonyl (C=O) groups is 1. The van der Waals surface area contributed by atoms with E-state index < -0.39 is 12.3 Å². The van der Waals surface area contributed by atoms with Crippen molar-refractivity contribution in [3.8, 4) is 16.9 Å². The summed E-state index contributed by atoms with van der Waals surface area (Å²) >= 11 is 0. The minimum absolute atomic E-state index is 0.190. The molecule has 2 rings (SSSR count). The summed E-state index contributed by atoms with van der Waals surface area (Å²) < 4.78 is 44.7. The van der Waals surface area contributed by atoms with Crippen LogP contribution >= 0.6 is 0 Å². The van der Waals surface area contributed by atoms with Crippen molar-refractivity contribution in [2.75, 3.05) is 12.8 Å². The molecule has 0 fully saturated rings. The van der Waals surface area contributed by atoms with Gasteiger partial charge in [0.25, 0.3) is 0 Å². The maximum absolute atomic E-state index is 12.1. The lowest BCUT2D eigenvalue weighted by atomic mass is 10.0. The molecule has 0 aliphatic heterocycles. The molecule has 0 heterocycles. The number of rotatable bonds is 3. The fourth-order valence-corrected chi connectivity index (χ4v) is 1.87. The molecule has 0 spiro atoms. The number of halogens is 3. The van der Waals surface area contributed by atoms with Gasteiger partial charge in [-0.05, 0) is 35.4 Å². The molecule has 116 valence electrons. The van der Waals surface area contributed by atoms with Gasteiger partial charge in [-0.15, -0.1) is 13.2 Å².